The van der Waals surface area contributed by atoms with E-state index in [0.717, 1.165) is 14.0 Å². The Morgan fingerprint density at radius 3 is 1.81 bits per heavy atom. The van der Waals surface area contributed by atoms with Crippen molar-refractivity contribution in [1.82, 2.24) is 0 Å². The zero-order valence-electron chi connectivity index (χ0n) is 10.7. The molecule has 0 atom stereocenters. The van der Waals surface area contributed by atoms with E-state index in [1.165, 1.54) is 0 Å². The summed E-state index contributed by atoms with van der Waals surface area (Å²) < 4.78 is 93.4. The summed E-state index contributed by atoms with van der Waals surface area (Å²) in [6.45, 7) is 1.07. The summed E-state index contributed by atoms with van der Waals surface area (Å²) in [5, 5.41) is 0. The molecule has 0 N–H and O–H groups in total. The first-order chi connectivity index (χ1) is 9.36. The second kappa shape index (κ2) is 5.19. The zero-order chi connectivity index (χ0) is 16.6. The number of hydrogen-bond donors (Lipinski definition) is 0. The number of hydrogen-bond acceptors (Lipinski definition) is 2. The molecule has 21 heavy (non-hydrogen) atoms. The number of halogens is 7. The maximum absolute atomic E-state index is 13.8. The first-order valence-electron chi connectivity index (χ1n) is 5.38. The Balaban J connectivity index is 3.50. The topological polar surface area (TPSA) is 26.3 Å². The van der Waals surface area contributed by atoms with Crippen LogP contribution in [0.2, 0.25) is 0 Å². The molecule has 1 aromatic carbocycles. The van der Waals surface area contributed by atoms with Gasteiger partial charge >= 0.3 is 24.0 Å². The first kappa shape index (κ1) is 17.3. The minimum Gasteiger partial charge on any atom is -0.465 e. The van der Waals surface area contributed by atoms with Gasteiger partial charge in [-0.15, -0.1) is 0 Å². The Hall–Kier alpha value is -1.80. The molecule has 0 aromatic heterocycles. The van der Waals surface area contributed by atoms with E-state index in [-0.39, 0.29) is 17.2 Å². The van der Waals surface area contributed by atoms with Crippen molar-refractivity contribution in [1.29, 1.82) is 0 Å². The molecule has 0 aliphatic heterocycles. The number of benzene rings is 1. The van der Waals surface area contributed by atoms with Gasteiger partial charge in [0, 0.05) is 5.56 Å². The van der Waals surface area contributed by atoms with Crippen LogP contribution in [0, 0.1) is 6.92 Å². The molecule has 118 valence electrons. The van der Waals surface area contributed by atoms with Crippen LogP contribution in [0.5, 0.6) is 0 Å². The Morgan fingerprint density at radius 2 is 1.48 bits per heavy atom. The number of carbonyl (C=O) groups is 1. The van der Waals surface area contributed by atoms with Crippen LogP contribution in [0.15, 0.2) is 18.2 Å². The van der Waals surface area contributed by atoms with Crippen molar-refractivity contribution in [2.24, 2.45) is 0 Å². The second-order valence-corrected chi connectivity index (χ2v) is 4.18. The van der Waals surface area contributed by atoms with Crippen molar-refractivity contribution in [2.45, 2.75) is 24.9 Å². The van der Waals surface area contributed by atoms with Crippen LogP contribution in [0.3, 0.4) is 0 Å². The van der Waals surface area contributed by atoms with E-state index >= 15 is 0 Å². The lowest BCUT2D eigenvalue weighted by Crippen LogP contribution is -2.50. The smallest absolute Gasteiger partial charge is 0.435 e. The fraction of sp³-hybridized carbons (Fsp3) is 0.417. The Kier molecular flexibility index (Phi) is 4.27. The molecular weight excluding hydrogens is 309 g/mol. The van der Waals surface area contributed by atoms with Gasteiger partial charge in [-0.1, -0.05) is 12.1 Å². The van der Waals surface area contributed by atoms with Gasteiger partial charge in [0.25, 0.3) is 0 Å². The van der Waals surface area contributed by atoms with Crippen LogP contribution in [-0.4, -0.2) is 25.4 Å². The van der Waals surface area contributed by atoms with Crippen LogP contribution in [-0.2, 0) is 10.4 Å². The van der Waals surface area contributed by atoms with Crippen molar-refractivity contribution < 1.29 is 40.3 Å². The number of carbonyl (C=O) groups excluding carboxylic acids is 1. The lowest BCUT2D eigenvalue weighted by molar-refractivity contribution is -0.348. The number of methoxy groups -OCH3 is 1. The number of esters is 1. The van der Waals surface area contributed by atoms with Crippen molar-refractivity contribution in [3.05, 3.63) is 34.9 Å². The molecule has 0 spiro atoms. The molecule has 0 heterocycles. The minimum atomic E-state index is -6.19. The van der Waals surface area contributed by atoms with Gasteiger partial charge < -0.3 is 4.74 Å². The maximum atomic E-state index is 13.8. The molecule has 1 aromatic rings. The van der Waals surface area contributed by atoms with Crippen molar-refractivity contribution >= 4 is 5.97 Å². The third kappa shape index (κ3) is 2.81. The van der Waals surface area contributed by atoms with Crippen LogP contribution < -0.4 is 0 Å². The normalized spacial score (nSPS) is 13.2. The summed E-state index contributed by atoms with van der Waals surface area (Å²) in [5.41, 5.74) is -7.69. The van der Waals surface area contributed by atoms with E-state index in [1.807, 2.05) is 0 Å². The van der Waals surface area contributed by atoms with E-state index in [9.17, 15) is 35.5 Å². The Labute approximate surface area is 114 Å². The largest absolute Gasteiger partial charge is 0.465 e. The molecule has 0 aliphatic rings. The van der Waals surface area contributed by atoms with E-state index in [1.54, 1.807) is 0 Å². The molecule has 0 aliphatic carbocycles. The summed E-state index contributed by atoms with van der Waals surface area (Å²) in [6.07, 6.45) is -12.4. The van der Waals surface area contributed by atoms with E-state index in [4.69, 9.17) is 0 Å². The average molecular weight is 318 g/mol. The standard InChI is InChI=1S/C12H9F7O2/c1-6-5-7(3-4-8(6)9(20)21-2)10(13,11(14,15)16)12(17,18)19/h3-5H,1-2H3. The highest BCUT2D eigenvalue weighted by molar-refractivity contribution is 5.91. The fourth-order valence-corrected chi connectivity index (χ4v) is 1.70. The van der Waals surface area contributed by atoms with Crippen LogP contribution in [0.1, 0.15) is 21.5 Å². The minimum absolute atomic E-state index is 0.257. The van der Waals surface area contributed by atoms with Gasteiger partial charge in [0.1, 0.15) is 0 Å². The lowest BCUT2D eigenvalue weighted by Gasteiger charge is -2.30. The number of alkyl halides is 7. The highest BCUT2D eigenvalue weighted by Gasteiger charge is 2.73. The number of rotatable bonds is 2. The summed E-state index contributed by atoms with van der Waals surface area (Å²) in [7, 11) is 0.987. The molecule has 1 rings (SSSR count). The molecule has 0 fully saturated rings. The fourth-order valence-electron chi connectivity index (χ4n) is 1.70. The predicted octanol–water partition coefficient (Wildman–Crippen LogP) is 4.07. The van der Waals surface area contributed by atoms with E-state index < -0.39 is 29.6 Å². The van der Waals surface area contributed by atoms with Crippen LogP contribution in [0.4, 0.5) is 30.7 Å². The van der Waals surface area contributed by atoms with Gasteiger partial charge in [0.15, 0.2) is 0 Å². The predicted molar refractivity (Wildman–Crippen MR) is 57.4 cm³/mol. The monoisotopic (exact) mass is 318 g/mol. The van der Waals surface area contributed by atoms with Crippen molar-refractivity contribution in [3.8, 4) is 0 Å². The van der Waals surface area contributed by atoms with Crippen LogP contribution >= 0.6 is 0 Å². The number of aryl methyl sites for hydroxylation is 1. The van der Waals surface area contributed by atoms with Gasteiger partial charge in [-0.2, -0.15) is 26.3 Å². The molecule has 2 nitrogen and oxygen atoms in total. The average Bonchev–Trinajstić information content (AvgIpc) is 2.34. The quantitative estimate of drug-likeness (QED) is 0.607. The molecule has 9 heteroatoms. The Bertz CT molecular complexity index is 532. The van der Waals surface area contributed by atoms with Gasteiger partial charge in [0.2, 0.25) is 0 Å². The Morgan fingerprint density at radius 1 is 1.00 bits per heavy atom. The van der Waals surface area contributed by atoms with E-state index in [0.29, 0.717) is 12.1 Å². The van der Waals surface area contributed by atoms with E-state index in [2.05, 4.69) is 4.74 Å². The first-order valence-corrected chi connectivity index (χ1v) is 5.38. The van der Waals surface area contributed by atoms with Gasteiger partial charge in [-0.3, -0.25) is 0 Å². The molecule has 0 unspecified atom stereocenters. The summed E-state index contributed by atoms with van der Waals surface area (Å²) >= 11 is 0. The van der Waals surface area contributed by atoms with Crippen LogP contribution in [0.25, 0.3) is 0 Å². The summed E-state index contributed by atoms with van der Waals surface area (Å²) in [6, 6.07) is 1.25. The third-order valence-corrected chi connectivity index (χ3v) is 2.81. The highest BCUT2D eigenvalue weighted by Crippen LogP contribution is 2.53. The molecule has 0 saturated carbocycles. The molecule has 0 amide bonds. The van der Waals surface area contributed by atoms with Gasteiger partial charge in [-0.05, 0) is 18.6 Å². The summed E-state index contributed by atoms with van der Waals surface area (Å²) in [4.78, 5) is 11.2. The second-order valence-electron chi connectivity index (χ2n) is 4.18. The van der Waals surface area contributed by atoms with Crippen molar-refractivity contribution in [3.63, 3.8) is 0 Å². The molecule has 0 bridgehead atoms. The molecular formula is C12H9F7O2. The number of ether oxygens (including phenoxy) is 1. The molecule has 0 radical (unpaired) electrons. The molecule has 0 saturated heterocycles. The maximum Gasteiger partial charge on any atom is 0.435 e. The van der Waals surface area contributed by atoms with Crippen molar-refractivity contribution in [2.75, 3.05) is 7.11 Å². The van der Waals surface area contributed by atoms with Gasteiger partial charge in [0.05, 0.1) is 12.7 Å². The highest BCUT2D eigenvalue weighted by atomic mass is 19.4. The lowest BCUT2D eigenvalue weighted by atomic mass is 9.91. The zero-order valence-corrected chi connectivity index (χ0v) is 10.7. The summed E-state index contributed by atoms with van der Waals surface area (Å²) in [5.74, 6) is -0.956. The SMILES string of the molecule is COC(=O)c1ccc(C(F)(C(F)(F)F)C(F)(F)F)cc1C. The van der Waals surface area contributed by atoms with Gasteiger partial charge in [-0.25, -0.2) is 9.18 Å². The third-order valence-electron chi connectivity index (χ3n) is 2.81.